The van der Waals surface area contributed by atoms with Gasteiger partial charge in [0.25, 0.3) is 17.4 Å². The van der Waals surface area contributed by atoms with Gasteiger partial charge >= 0.3 is 0 Å². The lowest BCUT2D eigenvalue weighted by molar-refractivity contribution is -0.132. The molecule has 2 aliphatic rings. The number of nitrogens with zero attached hydrogens (tertiary/aromatic N) is 3. The van der Waals surface area contributed by atoms with Gasteiger partial charge in [0.05, 0.1) is 56.7 Å². The largest absolute Gasteiger partial charge is 0.496 e. The van der Waals surface area contributed by atoms with E-state index in [0.29, 0.717) is 47.8 Å². The Labute approximate surface area is 312 Å². The number of ether oxygens (including phenoxy) is 3. The first kappa shape index (κ1) is 39.5. The number of fused-ring (bicyclic) bond motifs is 1. The van der Waals surface area contributed by atoms with Crippen molar-refractivity contribution in [2.75, 3.05) is 40.5 Å². The summed E-state index contributed by atoms with van der Waals surface area (Å²) in [5.74, 6) is -0.974. The van der Waals surface area contributed by atoms with E-state index in [1.807, 2.05) is 12.1 Å². The summed E-state index contributed by atoms with van der Waals surface area (Å²) in [6.45, 7) is 2.68. The van der Waals surface area contributed by atoms with Crippen molar-refractivity contribution in [2.45, 2.75) is 64.3 Å². The molecule has 3 aromatic rings. The van der Waals surface area contributed by atoms with Crippen LogP contribution < -0.4 is 25.7 Å². The summed E-state index contributed by atoms with van der Waals surface area (Å²) in [6, 6.07) is 7.59. The molecule has 2 N–H and O–H groups in total. The maximum absolute atomic E-state index is 13.3. The second-order valence-electron chi connectivity index (χ2n) is 13.2. The minimum Gasteiger partial charge on any atom is -0.496 e. The normalized spacial score (nSPS) is 15.3. The molecule has 15 heteroatoms. The third-order valence-corrected chi connectivity index (χ3v) is 9.51. The van der Waals surface area contributed by atoms with Gasteiger partial charge in [-0.15, -0.1) is 0 Å². The highest BCUT2D eigenvalue weighted by molar-refractivity contribution is 6.24. The number of hydrogen-bond donors (Lipinski definition) is 2. The van der Waals surface area contributed by atoms with Gasteiger partial charge in [-0.05, 0) is 56.4 Å². The van der Waals surface area contributed by atoms with Crippen LogP contribution in [0.15, 0.2) is 41.3 Å². The quantitative estimate of drug-likeness (QED) is 0.117. The number of benzene rings is 2. The van der Waals surface area contributed by atoms with E-state index in [-0.39, 0.29) is 92.6 Å². The lowest BCUT2D eigenvalue weighted by Crippen LogP contribution is -2.47. The molecule has 1 aliphatic carbocycles. The molecule has 2 aromatic carbocycles. The number of rotatable bonds is 17. The van der Waals surface area contributed by atoms with E-state index in [2.05, 4.69) is 15.6 Å². The molecule has 1 atom stereocenters. The molecule has 0 saturated heterocycles. The van der Waals surface area contributed by atoms with Gasteiger partial charge in [0.15, 0.2) is 5.78 Å². The van der Waals surface area contributed by atoms with Crippen molar-refractivity contribution in [3.63, 3.8) is 0 Å². The number of Topliss-reactive ketones (excluding diaryl/α,β-unsaturated/α-hetero) is 2. The number of ketones is 2. The smallest absolute Gasteiger partial charge is 0.271 e. The second-order valence-corrected chi connectivity index (χ2v) is 13.2. The summed E-state index contributed by atoms with van der Waals surface area (Å²) in [4.78, 5) is 92.9. The molecule has 2 heterocycles. The summed E-state index contributed by atoms with van der Waals surface area (Å²) in [5.41, 5.74) is 3.30. The maximum Gasteiger partial charge on any atom is 0.271 e. The van der Waals surface area contributed by atoms with Crippen LogP contribution in [0.2, 0.25) is 0 Å². The number of methoxy groups -OCH3 is 2. The zero-order valence-electron chi connectivity index (χ0n) is 31.0. The highest BCUT2D eigenvalue weighted by Gasteiger charge is 2.45. The predicted octanol–water partition coefficient (Wildman–Crippen LogP) is 2.26. The van der Waals surface area contributed by atoms with Crippen molar-refractivity contribution >= 4 is 35.2 Å². The number of nitrogens with one attached hydrogen (secondary N) is 2. The van der Waals surface area contributed by atoms with Crippen LogP contribution in [0.25, 0.3) is 11.3 Å². The number of amides is 4. The summed E-state index contributed by atoms with van der Waals surface area (Å²) >= 11 is 0. The van der Waals surface area contributed by atoms with Crippen molar-refractivity contribution < 1.29 is 43.0 Å². The van der Waals surface area contributed by atoms with Crippen molar-refractivity contribution in [3.05, 3.63) is 74.8 Å². The van der Waals surface area contributed by atoms with E-state index in [1.54, 1.807) is 46.5 Å². The summed E-state index contributed by atoms with van der Waals surface area (Å²) in [7, 11) is 4.79. The number of aromatic nitrogens is 2. The molecule has 0 spiro atoms. The van der Waals surface area contributed by atoms with Crippen LogP contribution >= 0.6 is 0 Å². The zero-order chi connectivity index (χ0) is 38.9. The maximum atomic E-state index is 13.3. The Kier molecular flexibility index (Phi) is 13.1. The molecular weight excluding hydrogens is 698 g/mol. The Bertz CT molecular complexity index is 1970. The highest BCUT2D eigenvalue weighted by Crippen LogP contribution is 2.36. The van der Waals surface area contributed by atoms with Crippen molar-refractivity contribution in [1.82, 2.24) is 25.1 Å². The van der Waals surface area contributed by atoms with E-state index in [9.17, 15) is 33.6 Å². The molecular formula is C39H45N5O10. The molecule has 1 fully saturated rings. The molecule has 5 rings (SSSR count). The SMILES string of the molecule is COc1cc(-c2cn(C)c(=O)c(C)n2)cc(OC)c1CCCC(=O)NCCOCCNC(=O)CCc1cccc2c1C(=O)N(C1CCC(=O)CC1=O)C2=O. The van der Waals surface area contributed by atoms with Crippen LogP contribution in [0.3, 0.4) is 0 Å². The first-order chi connectivity index (χ1) is 25.9. The summed E-state index contributed by atoms with van der Waals surface area (Å²) in [5, 5.41) is 5.59. The minimum atomic E-state index is -0.951. The molecule has 1 saturated carbocycles. The van der Waals surface area contributed by atoms with Gasteiger partial charge in [0, 0.05) is 56.7 Å². The van der Waals surface area contributed by atoms with Gasteiger partial charge in [0.1, 0.15) is 23.0 Å². The number of hydrogen-bond acceptors (Lipinski definition) is 11. The molecule has 0 radical (unpaired) electrons. The highest BCUT2D eigenvalue weighted by atomic mass is 16.5. The van der Waals surface area contributed by atoms with Gasteiger partial charge in [-0.1, -0.05) is 12.1 Å². The molecule has 4 amide bonds. The topological polar surface area (TPSA) is 192 Å². The standard InChI is InChI=1S/C39H45N5O10/c1-23-37(49)43(2)22-29(42-23)25-19-32(52-3)27(33(20-25)53-4)8-6-10-34(47)40-15-17-54-18-16-41-35(48)14-11-24-7-5-9-28-36(24)39(51)44(38(28)50)30-13-12-26(45)21-31(30)46/h5,7,9,19-20,22,30H,6,8,10-18,21H2,1-4H3,(H,40,47)(H,41,48). The number of imide groups is 1. The third-order valence-electron chi connectivity index (χ3n) is 9.51. The van der Waals surface area contributed by atoms with E-state index in [1.165, 1.54) is 10.6 Å². The lowest BCUT2D eigenvalue weighted by atomic mass is 9.92. The van der Waals surface area contributed by atoms with Crippen LogP contribution in [0.1, 0.15) is 76.1 Å². The monoisotopic (exact) mass is 743 g/mol. The second kappa shape index (κ2) is 17.9. The summed E-state index contributed by atoms with van der Waals surface area (Å²) in [6.07, 6.45) is 3.26. The number of aryl methyl sites for hydroxylation is 3. The van der Waals surface area contributed by atoms with Crippen molar-refractivity contribution in [3.8, 4) is 22.8 Å². The van der Waals surface area contributed by atoms with Crippen molar-refractivity contribution in [1.29, 1.82) is 0 Å². The van der Waals surface area contributed by atoms with Gasteiger partial charge in [-0.3, -0.25) is 38.5 Å². The van der Waals surface area contributed by atoms with Crippen LogP contribution in [0.4, 0.5) is 0 Å². The Hall–Kier alpha value is -5.70. The van der Waals surface area contributed by atoms with E-state index >= 15 is 0 Å². The van der Waals surface area contributed by atoms with Gasteiger partial charge < -0.3 is 29.4 Å². The molecule has 1 aliphatic heterocycles. The van der Waals surface area contributed by atoms with Crippen LogP contribution in [-0.4, -0.2) is 96.2 Å². The minimum absolute atomic E-state index is 0.0683. The Balaban J connectivity index is 0.989. The number of carbonyl (C=O) groups excluding carboxylic acids is 6. The lowest BCUT2D eigenvalue weighted by Gasteiger charge is -2.27. The number of carbonyl (C=O) groups is 6. The Morgan fingerprint density at radius 1 is 0.907 bits per heavy atom. The van der Waals surface area contributed by atoms with Crippen LogP contribution in [-0.2, 0) is 43.8 Å². The average Bonchev–Trinajstić information content (AvgIpc) is 3.41. The van der Waals surface area contributed by atoms with Crippen LogP contribution in [0, 0.1) is 6.92 Å². The fourth-order valence-electron chi connectivity index (χ4n) is 6.75. The third kappa shape index (κ3) is 9.08. The first-order valence-corrected chi connectivity index (χ1v) is 17.9. The van der Waals surface area contributed by atoms with Gasteiger partial charge in [-0.2, -0.15) is 0 Å². The predicted molar refractivity (Wildman–Crippen MR) is 195 cm³/mol. The molecule has 54 heavy (non-hydrogen) atoms. The van der Waals surface area contributed by atoms with E-state index < -0.39 is 23.6 Å². The van der Waals surface area contributed by atoms with E-state index in [4.69, 9.17) is 14.2 Å². The van der Waals surface area contributed by atoms with Crippen molar-refractivity contribution in [2.24, 2.45) is 7.05 Å². The van der Waals surface area contributed by atoms with Gasteiger partial charge in [-0.25, -0.2) is 4.98 Å². The molecule has 0 bridgehead atoms. The van der Waals surface area contributed by atoms with E-state index in [0.717, 1.165) is 16.0 Å². The van der Waals surface area contributed by atoms with Crippen LogP contribution in [0.5, 0.6) is 11.5 Å². The molecule has 15 nitrogen and oxygen atoms in total. The molecule has 1 aromatic heterocycles. The zero-order valence-corrected chi connectivity index (χ0v) is 31.0. The molecule has 286 valence electrons. The average molecular weight is 744 g/mol. The Morgan fingerprint density at radius 2 is 1.57 bits per heavy atom. The summed E-state index contributed by atoms with van der Waals surface area (Å²) < 4.78 is 18.3. The fourth-order valence-corrected chi connectivity index (χ4v) is 6.75. The Morgan fingerprint density at radius 3 is 2.20 bits per heavy atom. The fraction of sp³-hybridized carbons (Fsp3) is 0.436. The molecule has 1 unspecified atom stereocenters. The van der Waals surface area contributed by atoms with Gasteiger partial charge in [0.2, 0.25) is 11.8 Å². The first-order valence-electron chi connectivity index (χ1n) is 17.9.